The first-order valence-corrected chi connectivity index (χ1v) is 11.5. The van der Waals surface area contributed by atoms with Gasteiger partial charge in [-0.15, -0.1) is 0 Å². The summed E-state index contributed by atoms with van der Waals surface area (Å²) < 4.78 is 6.75. The molecule has 172 valence electrons. The Bertz CT molecular complexity index is 1090. The van der Waals surface area contributed by atoms with Gasteiger partial charge in [-0.2, -0.15) is 5.10 Å². The number of rotatable bonds is 8. The van der Waals surface area contributed by atoms with Crippen LogP contribution < -0.4 is 5.32 Å². The second-order valence-electron chi connectivity index (χ2n) is 8.20. The minimum Gasteiger partial charge on any atom is -0.462 e. The molecule has 1 aromatic heterocycles. The third-order valence-corrected chi connectivity index (χ3v) is 6.10. The highest BCUT2D eigenvalue weighted by Crippen LogP contribution is 2.24. The predicted molar refractivity (Wildman–Crippen MR) is 127 cm³/mol. The van der Waals surface area contributed by atoms with E-state index in [0.717, 1.165) is 18.8 Å². The molecule has 0 radical (unpaired) electrons. The van der Waals surface area contributed by atoms with E-state index < -0.39 is 0 Å². The summed E-state index contributed by atoms with van der Waals surface area (Å²) in [5, 5.41) is 7.42. The predicted octanol–water partition coefficient (Wildman–Crippen LogP) is 3.92. The van der Waals surface area contributed by atoms with Crippen molar-refractivity contribution in [2.45, 2.75) is 32.7 Å². The molecule has 4 rings (SSSR count). The second kappa shape index (κ2) is 10.4. The van der Waals surface area contributed by atoms with E-state index >= 15 is 0 Å². The van der Waals surface area contributed by atoms with Gasteiger partial charge >= 0.3 is 5.97 Å². The lowest BCUT2D eigenvalue weighted by Gasteiger charge is -2.28. The van der Waals surface area contributed by atoms with Crippen LogP contribution in [0.5, 0.6) is 0 Å². The molecule has 2 heterocycles. The summed E-state index contributed by atoms with van der Waals surface area (Å²) in [6.07, 6.45) is 3.91. The number of benzene rings is 2. The number of nitrogens with zero attached hydrogens (tertiary/aromatic N) is 3. The van der Waals surface area contributed by atoms with Crippen LogP contribution in [0, 0.1) is 6.92 Å². The molecule has 1 aliphatic rings. The quantitative estimate of drug-likeness (QED) is 0.531. The van der Waals surface area contributed by atoms with Gasteiger partial charge in [-0.1, -0.05) is 30.3 Å². The van der Waals surface area contributed by atoms with E-state index in [4.69, 9.17) is 4.74 Å². The van der Waals surface area contributed by atoms with Gasteiger partial charge in [0.05, 0.1) is 30.2 Å². The Labute approximate surface area is 194 Å². The molecule has 1 amide bonds. The molecule has 1 unspecified atom stereocenters. The van der Waals surface area contributed by atoms with E-state index in [1.165, 1.54) is 24.6 Å². The van der Waals surface area contributed by atoms with Crippen LogP contribution >= 0.6 is 0 Å². The Morgan fingerprint density at radius 2 is 1.76 bits per heavy atom. The molecule has 0 spiro atoms. The summed E-state index contributed by atoms with van der Waals surface area (Å²) in [7, 11) is 0. The zero-order chi connectivity index (χ0) is 23.2. The summed E-state index contributed by atoms with van der Waals surface area (Å²) in [6.45, 7) is 6.58. The molecule has 0 bridgehead atoms. The number of ether oxygens (including phenoxy) is 1. The minimum absolute atomic E-state index is 0.105. The molecule has 3 aromatic rings. The van der Waals surface area contributed by atoms with Crippen molar-refractivity contribution in [2.75, 3.05) is 26.2 Å². The Hall–Kier alpha value is -3.45. The van der Waals surface area contributed by atoms with Crippen molar-refractivity contribution in [3.8, 4) is 5.69 Å². The van der Waals surface area contributed by atoms with E-state index in [0.29, 0.717) is 30.0 Å². The van der Waals surface area contributed by atoms with Crippen LogP contribution in [0.1, 0.15) is 57.8 Å². The van der Waals surface area contributed by atoms with Crippen LogP contribution in [0.15, 0.2) is 60.8 Å². The number of carbonyl (C=O) groups excluding carboxylic acids is 2. The maximum Gasteiger partial charge on any atom is 0.341 e. The number of amides is 1. The number of esters is 1. The normalized spacial score (nSPS) is 14.7. The fourth-order valence-corrected chi connectivity index (χ4v) is 4.31. The number of likely N-dealkylation sites (tertiary alicyclic amines) is 1. The molecular weight excluding hydrogens is 416 g/mol. The number of hydrogen-bond donors (Lipinski definition) is 1. The zero-order valence-corrected chi connectivity index (χ0v) is 19.2. The lowest BCUT2D eigenvalue weighted by Crippen LogP contribution is -2.36. The molecular formula is C26H30N4O3. The fraction of sp³-hybridized carbons (Fsp3) is 0.346. The first kappa shape index (κ1) is 22.7. The summed E-state index contributed by atoms with van der Waals surface area (Å²) >= 11 is 0. The van der Waals surface area contributed by atoms with E-state index in [-0.39, 0.29) is 17.9 Å². The van der Waals surface area contributed by atoms with Gasteiger partial charge in [-0.3, -0.25) is 9.69 Å². The van der Waals surface area contributed by atoms with Crippen LogP contribution in [0.25, 0.3) is 5.69 Å². The van der Waals surface area contributed by atoms with Crippen molar-refractivity contribution >= 4 is 11.9 Å². The van der Waals surface area contributed by atoms with Crippen LogP contribution in [0.3, 0.4) is 0 Å². The average molecular weight is 447 g/mol. The van der Waals surface area contributed by atoms with Gasteiger partial charge in [0, 0.05) is 12.1 Å². The van der Waals surface area contributed by atoms with Gasteiger partial charge < -0.3 is 10.1 Å². The number of hydrogen-bond acceptors (Lipinski definition) is 5. The van der Waals surface area contributed by atoms with Gasteiger partial charge in [0.2, 0.25) is 0 Å². The van der Waals surface area contributed by atoms with Crippen LogP contribution in [-0.4, -0.2) is 52.8 Å². The SMILES string of the molecule is CCOC(=O)c1cnn(-c2ccc(C(=O)NCC(c3ccccc3)N3CCCC3)cc2)c1C. The van der Waals surface area contributed by atoms with Crippen LogP contribution in [0.2, 0.25) is 0 Å². The maximum absolute atomic E-state index is 12.9. The minimum atomic E-state index is -0.386. The Kier molecular flexibility index (Phi) is 7.19. The summed E-state index contributed by atoms with van der Waals surface area (Å²) in [5.74, 6) is -0.491. The number of carbonyl (C=O) groups is 2. The largest absolute Gasteiger partial charge is 0.462 e. The van der Waals surface area contributed by atoms with Gasteiger partial charge in [0.15, 0.2) is 0 Å². The molecule has 1 aliphatic heterocycles. The third-order valence-electron chi connectivity index (χ3n) is 6.10. The topological polar surface area (TPSA) is 76.5 Å². The number of nitrogens with one attached hydrogen (secondary N) is 1. The molecule has 1 fully saturated rings. The van der Waals surface area contributed by atoms with Crippen LogP contribution in [-0.2, 0) is 4.74 Å². The van der Waals surface area contributed by atoms with Gasteiger partial charge in [0.1, 0.15) is 5.56 Å². The van der Waals surface area contributed by atoms with Crippen LogP contribution in [0.4, 0.5) is 0 Å². The lowest BCUT2D eigenvalue weighted by atomic mass is 10.1. The monoisotopic (exact) mass is 446 g/mol. The van der Waals surface area contributed by atoms with E-state index in [2.05, 4.69) is 27.4 Å². The van der Waals surface area contributed by atoms with E-state index in [1.807, 2.05) is 37.3 Å². The summed E-state index contributed by atoms with van der Waals surface area (Å²) in [5.41, 5.74) is 3.72. The van der Waals surface area contributed by atoms with Gasteiger partial charge in [-0.25, -0.2) is 9.48 Å². The highest BCUT2D eigenvalue weighted by atomic mass is 16.5. The molecule has 7 heteroatoms. The molecule has 33 heavy (non-hydrogen) atoms. The second-order valence-corrected chi connectivity index (χ2v) is 8.20. The fourth-order valence-electron chi connectivity index (χ4n) is 4.31. The number of aromatic nitrogens is 2. The zero-order valence-electron chi connectivity index (χ0n) is 19.2. The molecule has 2 aromatic carbocycles. The van der Waals surface area contributed by atoms with Gasteiger partial charge in [-0.05, 0) is 69.6 Å². The highest BCUT2D eigenvalue weighted by molar-refractivity contribution is 5.94. The van der Waals surface area contributed by atoms with Crippen molar-refractivity contribution in [3.05, 3.63) is 83.2 Å². The molecule has 0 aliphatic carbocycles. The molecule has 1 saturated heterocycles. The Morgan fingerprint density at radius 1 is 1.06 bits per heavy atom. The first-order chi connectivity index (χ1) is 16.1. The molecule has 7 nitrogen and oxygen atoms in total. The summed E-state index contributed by atoms with van der Waals surface area (Å²) in [6, 6.07) is 17.8. The molecule has 0 saturated carbocycles. The molecule has 1 atom stereocenters. The first-order valence-electron chi connectivity index (χ1n) is 11.5. The standard InChI is InChI=1S/C26H30N4O3/c1-3-33-26(32)23-17-28-30(19(23)2)22-13-11-21(12-14-22)25(31)27-18-24(29-15-7-8-16-29)20-9-5-4-6-10-20/h4-6,9-14,17,24H,3,7-8,15-16,18H2,1-2H3,(H,27,31). The average Bonchev–Trinajstić information content (AvgIpc) is 3.50. The smallest absolute Gasteiger partial charge is 0.341 e. The van der Waals surface area contributed by atoms with Crippen molar-refractivity contribution in [3.63, 3.8) is 0 Å². The van der Waals surface area contributed by atoms with E-state index in [1.54, 1.807) is 23.7 Å². The lowest BCUT2D eigenvalue weighted by molar-refractivity contribution is 0.0525. The third kappa shape index (κ3) is 5.14. The molecule has 1 N–H and O–H groups in total. The van der Waals surface area contributed by atoms with Crippen molar-refractivity contribution in [1.82, 2.24) is 20.0 Å². The maximum atomic E-state index is 12.9. The van der Waals surface area contributed by atoms with Crippen molar-refractivity contribution in [1.29, 1.82) is 0 Å². The summed E-state index contributed by atoms with van der Waals surface area (Å²) in [4.78, 5) is 27.4. The van der Waals surface area contributed by atoms with E-state index in [9.17, 15) is 9.59 Å². The van der Waals surface area contributed by atoms with Gasteiger partial charge in [0.25, 0.3) is 5.91 Å². The van der Waals surface area contributed by atoms with Crippen molar-refractivity contribution < 1.29 is 14.3 Å². The highest BCUT2D eigenvalue weighted by Gasteiger charge is 2.24. The Morgan fingerprint density at radius 3 is 2.42 bits per heavy atom. The Balaban J connectivity index is 1.44. The van der Waals surface area contributed by atoms with Crippen molar-refractivity contribution in [2.24, 2.45) is 0 Å².